The Kier molecular flexibility index (Phi) is 4.19. The van der Waals surface area contributed by atoms with Crippen molar-refractivity contribution in [3.05, 3.63) is 34.7 Å². The maximum absolute atomic E-state index is 11.7. The van der Waals surface area contributed by atoms with Gasteiger partial charge >= 0.3 is 5.97 Å². The van der Waals surface area contributed by atoms with Crippen molar-refractivity contribution in [1.29, 1.82) is 5.26 Å². The van der Waals surface area contributed by atoms with Crippen molar-refractivity contribution in [2.75, 3.05) is 36.9 Å². The lowest BCUT2D eigenvalue weighted by molar-refractivity contribution is 0.0703. The van der Waals surface area contributed by atoms with Crippen LogP contribution in [0.2, 0.25) is 0 Å². The second-order valence-corrected chi connectivity index (χ2v) is 6.13. The van der Waals surface area contributed by atoms with Gasteiger partial charge in [0.25, 0.3) is 0 Å². The third kappa shape index (κ3) is 2.86. The predicted octanol–water partition coefficient (Wildman–Crippen LogP) is 2.40. The highest BCUT2D eigenvalue weighted by Crippen LogP contribution is 2.42. The molecule has 1 saturated heterocycles. The molecule has 6 nitrogen and oxygen atoms in total. The average Bonchev–Trinajstić information content (AvgIpc) is 2.95. The van der Waals surface area contributed by atoms with Crippen LogP contribution in [0.25, 0.3) is 11.1 Å². The standard InChI is InChI=1S/C16H15N3O3S/c17-9-12-13(10-2-1-3-11(18)8-10)14(16(20)21)23-15(12)19-4-6-22-7-5-19/h1-3,8H,4-7,18H2,(H,20,21). The summed E-state index contributed by atoms with van der Waals surface area (Å²) in [6.07, 6.45) is 0. The van der Waals surface area contributed by atoms with Gasteiger partial charge in [0.15, 0.2) is 0 Å². The van der Waals surface area contributed by atoms with E-state index in [1.54, 1.807) is 24.3 Å². The highest BCUT2D eigenvalue weighted by molar-refractivity contribution is 7.18. The number of nitrogens with two attached hydrogens (primary N) is 1. The van der Waals surface area contributed by atoms with Gasteiger partial charge in [0.05, 0.1) is 18.8 Å². The quantitative estimate of drug-likeness (QED) is 0.839. The lowest BCUT2D eigenvalue weighted by atomic mass is 10.0. The van der Waals surface area contributed by atoms with Gasteiger partial charge in [-0.15, -0.1) is 11.3 Å². The van der Waals surface area contributed by atoms with Crippen LogP contribution in [-0.2, 0) is 4.74 Å². The molecule has 0 radical (unpaired) electrons. The second kappa shape index (κ2) is 6.28. The summed E-state index contributed by atoms with van der Waals surface area (Å²) >= 11 is 1.13. The topological polar surface area (TPSA) is 99.6 Å². The highest BCUT2D eigenvalue weighted by Gasteiger charge is 2.27. The summed E-state index contributed by atoms with van der Waals surface area (Å²) in [5.41, 5.74) is 7.82. The molecule has 118 valence electrons. The summed E-state index contributed by atoms with van der Waals surface area (Å²) in [6, 6.07) is 9.12. The van der Waals surface area contributed by atoms with Gasteiger partial charge in [0.1, 0.15) is 15.9 Å². The van der Waals surface area contributed by atoms with Gasteiger partial charge in [-0.3, -0.25) is 0 Å². The smallest absolute Gasteiger partial charge is 0.346 e. The Morgan fingerprint density at radius 3 is 2.74 bits per heavy atom. The first-order valence-corrected chi connectivity index (χ1v) is 7.92. The minimum atomic E-state index is -1.04. The molecular weight excluding hydrogens is 314 g/mol. The number of morpholine rings is 1. The van der Waals surface area contributed by atoms with E-state index >= 15 is 0 Å². The Bertz CT molecular complexity index is 788. The van der Waals surface area contributed by atoms with Crippen LogP contribution < -0.4 is 10.6 Å². The number of nitrogens with zero attached hydrogens (tertiary/aromatic N) is 2. The minimum absolute atomic E-state index is 0.161. The molecule has 3 rings (SSSR count). The van der Waals surface area contributed by atoms with Crippen molar-refractivity contribution in [2.45, 2.75) is 0 Å². The number of anilines is 2. The number of benzene rings is 1. The fourth-order valence-electron chi connectivity index (χ4n) is 2.63. The van der Waals surface area contributed by atoms with E-state index in [1.807, 2.05) is 4.90 Å². The Labute approximate surface area is 137 Å². The van der Waals surface area contributed by atoms with Crippen LogP contribution >= 0.6 is 11.3 Å². The van der Waals surface area contributed by atoms with E-state index in [4.69, 9.17) is 10.5 Å². The first-order valence-electron chi connectivity index (χ1n) is 7.10. The number of nitrogen functional groups attached to an aromatic ring is 1. The number of carbonyl (C=O) groups is 1. The van der Waals surface area contributed by atoms with E-state index < -0.39 is 5.97 Å². The van der Waals surface area contributed by atoms with E-state index in [-0.39, 0.29) is 4.88 Å². The van der Waals surface area contributed by atoms with Gasteiger partial charge in [-0.2, -0.15) is 5.26 Å². The van der Waals surface area contributed by atoms with Crippen LogP contribution in [0.3, 0.4) is 0 Å². The van der Waals surface area contributed by atoms with Crippen LogP contribution in [0.4, 0.5) is 10.7 Å². The molecule has 1 aliphatic rings. The zero-order valence-corrected chi connectivity index (χ0v) is 13.1. The van der Waals surface area contributed by atoms with Crippen LogP contribution in [-0.4, -0.2) is 37.4 Å². The average molecular weight is 329 g/mol. The maximum atomic E-state index is 11.7. The van der Waals surface area contributed by atoms with Crippen molar-refractivity contribution in [2.24, 2.45) is 0 Å². The Morgan fingerprint density at radius 1 is 1.39 bits per heavy atom. The predicted molar refractivity (Wildman–Crippen MR) is 88.9 cm³/mol. The van der Waals surface area contributed by atoms with Crippen molar-refractivity contribution >= 4 is 28.0 Å². The number of rotatable bonds is 3. The maximum Gasteiger partial charge on any atom is 0.346 e. The molecule has 2 aromatic rings. The molecule has 0 unspecified atom stereocenters. The molecule has 0 atom stereocenters. The van der Waals surface area contributed by atoms with Gasteiger partial charge in [-0.1, -0.05) is 12.1 Å². The van der Waals surface area contributed by atoms with E-state index in [0.29, 0.717) is 53.7 Å². The van der Waals surface area contributed by atoms with E-state index in [0.717, 1.165) is 11.3 Å². The monoisotopic (exact) mass is 329 g/mol. The first-order chi connectivity index (χ1) is 11.1. The summed E-state index contributed by atoms with van der Waals surface area (Å²) in [4.78, 5) is 13.8. The molecule has 1 aromatic carbocycles. The molecule has 2 heterocycles. The fourth-order valence-corrected chi connectivity index (χ4v) is 3.80. The van der Waals surface area contributed by atoms with Gasteiger partial charge in [0, 0.05) is 24.3 Å². The van der Waals surface area contributed by atoms with Crippen LogP contribution in [0.1, 0.15) is 15.2 Å². The zero-order valence-electron chi connectivity index (χ0n) is 12.3. The number of hydrogen-bond acceptors (Lipinski definition) is 6. The molecule has 0 spiro atoms. The molecule has 0 bridgehead atoms. The van der Waals surface area contributed by atoms with Crippen molar-refractivity contribution in [1.82, 2.24) is 0 Å². The minimum Gasteiger partial charge on any atom is -0.477 e. The third-order valence-corrected chi connectivity index (χ3v) is 4.91. The number of aromatic carboxylic acids is 1. The first kappa shape index (κ1) is 15.3. The zero-order chi connectivity index (χ0) is 16.4. The normalized spacial score (nSPS) is 14.5. The summed E-state index contributed by atoms with van der Waals surface area (Å²) in [7, 11) is 0. The van der Waals surface area contributed by atoms with Crippen molar-refractivity contribution < 1.29 is 14.6 Å². The summed E-state index contributed by atoms with van der Waals surface area (Å²) in [6.45, 7) is 2.42. The summed E-state index contributed by atoms with van der Waals surface area (Å²) in [5, 5.41) is 19.9. The molecule has 0 aliphatic carbocycles. The molecular formula is C16H15N3O3S. The highest BCUT2D eigenvalue weighted by atomic mass is 32.1. The van der Waals surface area contributed by atoms with Gasteiger partial charge < -0.3 is 20.5 Å². The molecule has 7 heteroatoms. The number of thiophene rings is 1. The van der Waals surface area contributed by atoms with E-state index in [2.05, 4.69) is 6.07 Å². The number of nitriles is 1. The number of carboxylic acids is 1. The van der Waals surface area contributed by atoms with Gasteiger partial charge in [-0.25, -0.2) is 4.79 Å². The molecule has 1 aromatic heterocycles. The van der Waals surface area contributed by atoms with Crippen LogP contribution in [0.15, 0.2) is 24.3 Å². The lowest BCUT2D eigenvalue weighted by Gasteiger charge is -2.27. The third-order valence-electron chi connectivity index (χ3n) is 3.67. The molecule has 0 saturated carbocycles. The SMILES string of the molecule is N#Cc1c(N2CCOCC2)sc(C(=O)O)c1-c1cccc(N)c1. The summed E-state index contributed by atoms with van der Waals surface area (Å²) < 4.78 is 5.33. The van der Waals surface area contributed by atoms with Crippen LogP contribution in [0.5, 0.6) is 0 Å². The van der Waals surface area contributed by atoms with Crippen LogP contribution in [0, 0.1) is 11.3 Å². The van der Waals surface area contributed by atoms with E-state index in [9.17, 15) is 15.2 Å². The lowest BCUT2D eigenvalue weighted by Crippen LogP contribution is -2.36. The second-order valence-electron chi connectivity index (χ2n) is 5.13. The molecule has 23 heavy (non-hydrogen) atoms. The largest absolute Gasteiger partial charge is 0.477 e. The Balaban J connectivity index is 2.19. The molecule has 0 amide bonds. The number of hydrogen-bond donors (Lipinski definition) is 2. The van der Waals surface area contributed by atoms with Gasteiger partial charge in [0.2, 0.25) is 0 Å². The van der Waals surface area contributed by atoms with Crippen molar-refractivity contribution in [3.8, 4) is 17.2 Å². The van der Waals surface area contributed by atoms with E-state index in [1.165, 1.54) is 0 Å². The fraction of sp³-hybridized carbons (Fsp3) is 0.250. The molecule has 1 aliphatic heterocycles. The Hall–Kier alpha value is -2.56. The number of carboxylic acid groups (broad SMARTS) is 1. The molecule has 3 N–H and O–H groups in total. The number of ether oxygens (including phenoxy) is 1. The van der Waals surface area contributed by atoms with Crippen molar-refractivity contribution in [3.63, 3.8) is 0 Å². The Morgan fingerprint density at radius 2 is 2.13 bits per heavy atom. The molecule has 1 fully saturated rings. The summed E-state index contributed by atoms with van der Waals surface area (Å²) in [5.74, 6) is -1.04. The van der Waals surface area contributed by atoms with Gasteiger partial charge in [-0.05, 0) is 17.7 Å².